The highest BCUT2D eigenvalue weighted by Crippen LogP contribution is 2.29. The lowest BCUT2D eigenvalue weighted by Crippen LogP contribution is -2.00. The second-order valence-corrected chi connectivity index (χ2v) is 4.36. The van der Waals surface area contributed by atoms with Crippen LogP contribution in [0.4, 0.5) is 4.39 Å². The number of hydrogen-bond acceptors (Lipinski definition) is 1. The van der Waals surface area contributed by atoms with E-state index in [0.29, 0.717) is 11.7 Å². The van der Waals surface area contributed by atoms with Crippen LogP contribution in [-0.4, -0.2) is 9.55 Å². The molecule has 23 heavy (non-hydrogen) atoms. The van der Waals surface area contributed by atoms with Crippen LogP contribution < -0.4 is 0 Å². The van der Waals surface area contributed by atoms with Crippen LogP contribution in [0.1, 0.15) is 73.3 Å². The molecule has 1 heterocycles. The number of halogens is 1. The Morgan fingerprint density at radius 3 is 2.00 bits per heavy atom. The zero-order valence-corrected chi connectivity index (χ0v) is 16.4. The molecular weight excluding hydrogens is 287 g/mol. The first-order chi connectivity index (χ1) is 11.1. The van der Waals surface area contributed by atoms with Crippen molar-refractivity contribution < 1.29 is 4.39 Å². The normalized spacial score (nSPS) is 10.2. The zero-order valence-electron chi connectivity index (χ0n) is 16.4. The Morgan fingerprint density at radius 2 is 1.57 bits per heavy atom. The fraction of sp³-hybridized carbons (Fsp3) is 0.550. The van der Waals surface area contributed by atoms with Crippen molar-refractivity contribution in [3.05, 3.63) is 42.0 Å². The summed E-state index contributed by atoms with van der Waals surface area (Å²) in [6.45, 7) is 16.3. The van der Waals surface area contributed by atoms with E-state index in [1.165, 1.54) is 16.3 Å². The van der Waals surface area contributed by atoms with Crippen LogP contribution in [-0.2, 0) is 7.05 Å². The highest BCUT2D eigenvalue weighted by molar-refractivity contribution is 5.61. The molecule has 0 N–H and O–H groups in total. The van der Waals surface area contributed by atoms with Gasteiger partial charge in [0.2, 0.25) is 5.95 Å². The van der Waals surface area contributed by atoms with Crippen molar-refractivity contribution in [2.24, 2.45) is 7.05 Å². The molecule has 132 valence electrons. The van der Waals surface area contributed by atoms with Crippen LogP contribution in [0.15, 0.2) is 30.5 Å². The molecule has 0 spiro atoms. The second kappa shape index (κ2) is 14.0. The van der Waals surface area contributed by atoms with E-state index in [4.69, 9.17) is 0 Å². The Hall–Kier alpha value is -1.64. The number of benzene rings is 1. The summed E-state index contributed by atoms with van der Waals surface area (Å²) in [5.41, 5.74) is 2.25. The lowest BCUT2D eigenvalue weighted by atomic mass is 9.93. The molecule has 1 aromatic heterocycles. The van der Waals surface area contributed by atoms with Crippen LogP contribution in [0.5, 0.6) is 0 Å². The van der Waals surface area contributed by atoms with E-state index >= 15 is 0 Å². The predicted molar refractivity (Wildman–Crippen MR) is 101 cm³/mol. The van der Waals surface area contributed by atoms with Gasteiger partial charge in [-0.2, -0.15) is 4.39 Å². The minimum atomic E-state index is -0.307. The molecule has 0 radical (unpaired) electrons. The van der Waals surface area contributed by atoms with E-state index in [9.17, 15) is 4.39 Å². The number of nitrogens with zero attached hydrogens (tertiary/aromatic N) is 2. The Balaban J connectivity index is 0. The van der Waals surface area contributed by atoms with Gasteiger partial charge in [0.15, 0.2) is 0 Å². The predicted octanol–water partition coefficient (Wildman–Crippen LogP) is 6.82. The average molecular weight is 323 g/mol. The van der Waals surface area contributed by atoms with Gasteiger partial charge in [0.1, 0.15) is 5.82 Å². The second-order valence-electron chi connectivity index (χ2n) is 4.36. The molecule has 0 fully saturated rings. The number of aromatic nitrogens is 2. The van der Waals surface area contributed by atoms with Gasteiger partial charge in [0, 0.05) is 12.6 Å². The molecular formula is C20H35FN2. The SMILES string of the molecule is CC.CC.CC.CCC(C)c1ccccc1-c1ncc(F)n1C. The van der Waals surface area contributed by atoms with Gasteiger partial charge in [-0.15, -0.1) is 0 Å². The van der Waals surface area contributed by atoms with Crippen LogP contribution in [0.3, 0.4) is 0 Å². The molecule has 0 aliphatic heterocycles. The fourth-order valence-corrected chi connectivity index (χ4v) is 1.99. The van der Waals surface area contributed by atoms with Gasteiger partial charge < -0.3 is 4.57 Å². The molecule has 1 aromatic carbocycles. The van der Waals surface area contributed by atoms with Gasteiger partial charge in [-0.05, 0) is 17.9 Å². The smallest absolute Gasteiger partial charge is 0.213 e. The van der Waals surface area contributed by atoms with Crippen LogP contribution in [0.25, 0.3) is 11.4 Å². The van der Waals surface area contributed by atoms with E-state index < -0.39 is 0 Å². The fourth-order valence-electron chi connectivity index (χ4n) is 1.99. The minimum absolute atomic E-state index is 0.307. The van der Waals surface area contributed by atoms with Crippen LogP contribution in [0.2, 0.25) is 0 Å². The van der Waals surface area contributed by atoms with Crippen molar-refractivity contribution in [1.29, 1.82) is 0 Å². The summed E-state index contributed by atoms with van der Waals surface area (Å²) in [6.07, 6.45) is 2.33. The lowest BCUT2D eigenvalue weighted by molar-refractivity contribution is 0.537. The Bertz CT molecular complexity index is 518. The van der Waals surface area contributed by atoms with E-state index in [0.717, 1.165) is 12.0 Å². The minimum Gasteiger partial charge on any atom is -0.304 e. The molecule has 0 saturated carbocycles. The van der Waals surface area contributed by atoms with Crippen molar-refractivity contribution in [2.75, 3.05) is 0 Å². The summed E-state index contributed by atoms with van der Waals surface area (Å²) in [6, 6.07) is 8.08. The third-order valence-electron chi connectivity index (χ3n) is 3.28. The van der Waals surface area contributed by atoms with E-state index in [1.807, 2.05) is 59.7 Å². The van der Waals surface area contributed by atoms with Crippen molar-refractivity contribution in [2.45, 2.75) is 67.7 Å². The molecule has 0 amide bonds. The molecule has 0 aliphatic carbocycles. The lowest BCUT2D eigenvalue weighted by Gasteiger charge is -2.14. The van der Waals surface area contributed by atoms with E-state index in [1.54, 1.807) is 7.05 Å². The maximum Gasteiger partial charge on any atom is 0.213 e. The zero-order chi connectivity index (χ0) is 18.4. The van der Waals surface area contributed by atoms with Crippen LogP contribution in [0, 0.1) is 5.95 Å². The number of hydrogen-bond donors (Lipinski definition) is 0. The first kappa shape index (κ1) is 23.6. The van der Waals surface area contributed by atoms with Gasteiger partial charge in [-0.1, -0.05) is 79.7 Å². The van der Waals surface area contributed by atoms with Gasteiger partial charge in [0.05, 0.1) is 6.20 Å². The largest absolute Gasteiger partial charge is 0.304 e. The molecule has 3 heteroatoms. The molecule has 0 saturated heterocycles. The average Bonchev–Trinajstić information content (AvgIpc) is 2.98. The van der Waals surface area contributed by atoms with Crippen molar-refractivity contribution in [3.8, 4) is 11.4 Å². The molecule has 0 aliphatic rings. The van der Waals surface area contributed by atoms with Gasteiger partial charge in [-0.3, -0.25) is 0 Å². The summed E-state index contributed by atoms with van der Waals surface area (Å²) in [7, 11) is 1.70. The van der Waals surface area contributed by atoms with Gasteiger partial charge in [0.25, 0.3) is 0 Å². The molecule has 2 aromatic rings. The molecule has 1 unspecified atom stereocenters. The summed E-state index contributed by atoms with van der Waals surface area (Å²) in [5.74, 6) is 0.836. The number of imidazole rings is 1. The number of rotatable bonds is 3. The van der Waals surface area contributed by atoms with Crippen LogP contribution >= 0.6 is 0 Å². The van der Waals surface area contributed by atoms with Gasteiger partial charge >= 0.3 is 0 Å². The Labute approximate surface area is 142 Å². The van der Waals surface area contributed by atoms with Gasteiger partial charge in [-0.25, -0.2) is 4.98 Å². The third-order valence-corrected chi connectivity index (χ3v) is 3.28. The van der Waals surface area contributed by atoms with E-state index in [2.05, 4.69) is 24.9 Å². The molecule has 0 bridgehead atoms. The summed E-state index contributed by atoms with van der Waals surface area (Å²) in [5, 5.41) is 0. The molecule has 1 atom stereocenters. The quantitative estimate of drug-likeness (QED) is 0.606. The summed E-state index contributed by atoms with van der Waals surface area (Å²) < 4.78 is 14.8. The standard InChI is InChI=1S/C14H17FN2.3C2H6/c1-4-10(2)11-7-5-6-8-12(11)14-16-9-13(15)17(14)3;3*1-2/h5-10H,4H2,1-3H3;3*1-2H3. The Morgan fingerprint density at radius 1 is 1.04 bits per heavy atom. The first-order valence-corrected chi connectivity index (χ1v) is 8.91. The maximum atomic E-state index is 13.3. The molecule has 2 nitrogen and oxygen atoms in total. The van der Waals surface area contributed by atoms with Crippen molar-refractivity contribution >= 4 is 0 Å². The summed E-state index contributed by atoms with van der Waals surface area (Å²) in [4.78, 5) is 4.15. The Kier molecular flexibility index (Phi) is 14.4. The monoisotopic (exact) mass is 322 g/mol. The highest BCUT2D eigenvalue weighted by Gasteiger charge is 2.14. The van der Waals surface area contributed by atoms with Crippen molar-refractivity contribution in [3.63, 3.8) is 0 Å². The highest BCUT2D eigenvalue weighted by atomic mass is 19.1. The van der Waals surface area contributed by atoms with E-state index in [-0.39, 0.29) is 5.95 Å². The maximum absolute atomic E-state index is 13.3. The topological polar surface area (TPSA) is 17.8 Å². The molecule has 2 rings (SSSR count). The van der Waals surface area contributed by atoms with Crippen molar-refractivity contribution in [1.82, 2.24) is 9.55 Å². The third kappa shape index (κ3) is 6.55. The first-order valence-electron chi connectivity index (χ1n) is 8.91. The summed E-state index contributed by atoms with van der Waals surface area (Å²) >= 11 is 0.